The predicted octanol–water partition coefficient (Wildman–Crippen LogP) is 0.484. The monoisotopic (exact) mass is 192 g/mol. The lowest BCUT2D eigenvalue weighted by Crippen LogP contribution is -2.29. The molecule has 1 atom stereocenters. The maximum Gasteiger partial charge on any atom is 0.116 e. The third-order valence-electron chi connectivity index (χ3n) is 2.66. The molecule has 0 radical (unpaired) electrons. The fourth-order valence-corrected chi connectivity index (χ4v) is 1.89. The highest BCUT2D eigenvalue weighted by Gasteiger charge is 2.19. The second-order valence-corrected chi connectivity index (χ2v) is 3.96. The lowest BCUT2D eigenvalue weighted by atomic mass is 10.0. The minimum atomic E-state index is -0.00162. The zero-order valence-electron chi connectivity index (χ0n) is 8.70. The van der Waals surface area contributed by atoms with Crippen molar-refractivity contribution in [2.24, 2.45) is 5.73 Å². The molecule has 0 unspecified atom stereocenters. The number of aromatic nitrogens is 2. The fraction of sp³-hybridized carbons (Fsp3) is 0.600. The highest BCUT2D eigenvalue weighted by molar-refractivity contribution is 5.28. The van der Waals surface area contributed by atoms with Crippen molar-refractivity contribution in [1.29, 1.82) is 0 Å². The Balaban J connectivity index is 2.43. The summed E-state index contributed by atoms with van der Waals surface area (Å²) >= 11 is 0. The van der Waals surface area contributed by atoms with Gasteiger partial charge in [-0.1, -0.05) is 0 Å². The van der Waals surface area contributed by atoms with E-state index in [1.165, 1.54) is 11.3 Å². The van der Waals surface area contributed by atoms with Crippen LogP contribution in [0, 0.1) is 0 Å². The van der Waals surface area contributed by atoms with Gasteiger partial charge in [-0.05, 0) is 14.0 Å². The van der Waals surface area contributed by atoms with Gasteiger partial charge in [-0.3, -0.25) is 0 Å². The minimum Gasteiger partial charge on any atom is -0.323 e. The van der Waals surface area contributed by atoms with E-state index in [9.17, 15) is 0 Å². The van der Waals surface area contributed by atoms with Gasteiger partial charge in [0, 0.05) is 36.8 Å². The Morgan fingerprint density at radius 3 is 3.00 bits per heavy atom. The van der Waals surface area contributed by atoms with Crippen LogP contribution in [0.15, 0.2) is 6.33 Å². The lowest BCUT2D eigenvalue weighted by molar-refractivity contribution is 0.306. The van der Waals surface area contributed by atoms with E-state index in [1.54, 1.807) is 6.33 Å². The van der Waals surface area contributed by atoms with Crippen molar-refractivity contribution in [1.82, 2.24) is 14.9 Å². The molecule has 1 aliphatic rings. The van der Waals surface area contributed by atoms with Crippen molar-refractivity contribution in [2.45, 2.75) is 25.9 Å². The molecule has 76 valence electrons. The van der Waals surface area contributed by atoms with Crippen molar-refractivity contribution in [3.05, 3.63) is 23.3 Å². The molecule has 0 amide bonds. The van der Waals surface area contributed by atoms with Crippen LogP contribution in [0.5, 0.6) is 0 Å². The molecule has 1 aromatic heterocycles. The van der Waals surface area contributed by atoms with Gasteiger partial charge in [0.15, 0.2) is 0 Å². The summed E-state index contributed by atoms with van der Waals surface area (Å²) < 4.78 is 0. The Bertz CT molecular complexity index is 335. The van der Waals surface area contributed by atoms with Crippen LogP contribution in [0.1, 0.15) is 29.9 Å². The SMILES string of the molecule is C[C@H](N)c1ncnc2c1CN(C)CC2. The molecule has 0 spiro atoms. The van der Waals surface area contributed by atoms with Gasteiger partial charge in [0.05, 0.1) is 5.69 Å². The Morgan fingerprint density at radius 1 is 1.50 bits per heavy atom. The molecule has 2 N–H and O–H groups in total. The van der Waals surface area contributed by atoms with Crippen molar-refractivity contribution in [3.8, 4) is 0 Å². The summed E-state index contributed by atoms with van der Waals surface area (Å²) in [7, 11) is 2.11. The van der Waals surface area contributed by atoms with E-state index >= 15 is 0 Å². The van der Waals surface area contributed by atoms with Gasteiger partial charge in [-0.2, -0.15) is 0 Å². The smallest absolute Gasteiger partial charge is 0.116 e. The molecular weight excluding hydrogens is 176 g/mol. The second-order valence-electron chi connectivity index (χ2n) is 3.96. The van der Waals surface area contributed by atoms with Gasteiger partial charge in [-0.15, -0.1) is 0 Å². The van der Waals surface area contributed by atoms with E-state index in [0.29, 0.717) is 0 Å². The highest BCUT2D eigenvalue weighted by atomic mass is 15.1. The first-order valence-corrected chi connectivity index (χ1v) is 4.95. The molecule has 0 saturated heterocycles. The predicted molar refractivity (Wildman–Crippen MR) is 54.7 cm³/mol. The maximum absolute atomic E-state index is 5.87. The van der Waals surface area contributed by atoms with Gasteiger partial charge in [0.25, 0.3) is 0 Å². The van der Waals surface area contributed by atoms with E-state index < -0.39 is 0 Å². The van der Waals surface area contributed by atoms with E-state index in [-0.39, 0.29) is 6.04 Å². The zero-order chi connectivity index (χ0) is 10.1. The summed E-state index contributed by atoms with van der Waals surface area (Å²) in [6.45, 7) is 3.96. The van der Waals surface area contributed by atoms with Gasteiger partial charge in [-0.25, -0.2) is 9.97 Å². The van der Waals surface area contributed by atoms with E-state index in [0.717, 1.165) is 25.2 Å². The Kier molecular flexibility index (Phi) is 2.48. The van der Waals surface area contributed by atoms with Crippen LogP contribution in [0.2, 0.25) is 0 Å². The molecule has 0 fully saturated rings. The molecule has 1 aliphatic heterocycles. The molecule has 0 saturated carbocycles. The summed E-state index contributed by atoms with van der Waals surface area (Å²) in [6, 6.07) is -0.00162. The molecule has 4 heteroatoms. The number of fused-ring (bicyclic) bond motifs is 1. The van der Waals surface area contributed by atoms with Gasteiger partial charge in [0.2, 0.25) is 0 Å². The highest BCUT2D eigenvalue weighted by Crippen LogP contribution is 2.21. The molecule has 14 heavy (non-hydrogen) atoms. The molecule has 4 nitrogen and oxygen atoms in total. The van der Waals surface area contributed by atoms with Crippen LogP contribution >= 0.6 is 0 Å². The fourth-order valence-electron chi connectivity index (χ4n) is 1.89. The number of rotatable bonds is 1. The molecular formula is C10H16N4. The Hall–Kier alpha value is -1.00. The largest absolute Gasteiger partial charge is 0.323 e. The molecule has 2 rings (SSSR count). The van der Waals surface area contributed by atoms with Gasteiger partial charge in [0.1, 0.15) is 6.33 Å². The number of likely N-dealkylation sites (N-methyl/N-ethyl adjacent to an activating group) is 1. The number of nitrogens with two attached hydrogens (primary N) is 1. The Labute approximate surface area is 84.2 Å². The van der Waals surface area contributed by atoms with Crippen LogP contribution in [0.4, 0.5) is 0 Å². The van der Waals surface area contributed by atoms with E-state index in [2.05, 4.69) is 21.9 Å². The standard InChI is InChI=1S/C10H16N4/c1-7(11)10-8-5-14(2)4-3-9(8)12-6-13-10/h6-7H,3-5,11H2,1-2H3/t7-/m0/s1. The summed E-state index contributed by atoms with van der Waals surface area (Å²) in [5.74, 6) is 0. The Morgan fingerprint density at radius 2 is 2.29 bits per heavy atom. The van der Waals surface area contributed by atoms with Gasteiger partial charge < -0.3 is 10.6 Å². The van der Waals surface area contributed by atoms with Crippen LogP contribution in [-0.2, 0) is 13.0 Å². The van der Waals surface area contributed by atoms with Crippen molar-refractivity contribution >= 4 is 0 Å². The average molecular weight is 192 g/mol. The third kappa shape index (κ3) is 1.63. The van der Waals surface area contributed by atoms with Crippen molar-refractivity contribution in [2.75, 3.05) is 13.6 Å². The lowest BCUT2D eigenvalue weighted by Gasteiger charge is -2.26. The van der Waals surface area contributed by atoms with E-state index in [1.807, 2.05) is 6.92 Å². The number of hydrogen-bond donors (Lipinski definition) is 1. The number of nitrogens with zero attached hydrogens (tertiary/aromatic N) is 3. The first kappa shape index (κ1) is 9.55. The van der Waals surface area contributed by atoms with Crippen LogP contribution in [0.25, 0.3) is 0 Å². The molecule has 0 bridgehead atoms. The molecule has 0 aliphatic carbocycles. The first-order chi connectivity index (χ1) is 6.68. The normalized spacial score (nSPS) is 19.1. The quantitative estimate of drug-likeness (QED) is 0.703. The summed E-state index contributed by atoms with van der Waals surface area (Å²) in [5.41, 5.74) is 9.28. The third-order valence-corrected chi connectivity index (χ3v) is 2.66. The average Bonchev–Trinajstić information content (AvgIpc) is 2.16. The summed E-state index contributed by atoms with van der Waals surface area (Å²) in [5, 5.41) is 0. The molecule has 0 aromatic carbocycles. The van der Waals surface area contributed by atoms with E-state index in [4.69, 9.17) is 5.73 Å². The minimum absolute atomic E-state index is 0.00162. The van der Waals surface area contributed by atoms with Crippen LogP contribution < -0.4 is 5.73 Å². The first-order valence-electron chi connectivity index (χ1n) is 4.95. The van der Waals surface area contributed by atoms with Crippen molar-refractivity contribution in [3.63, 3.8) is 0 Å². The summed E-state index contributed by atoms with van der Waals surface area (Å²) in [6.07, 6.45) is 2.64. The number of hydrogen-bond acceptors (Lipinski definition) is 4. The van der Waals surface area contributed by atoms with Crippen LogP contribution in [0.3, 0.4) is 0 Å². The maximum atomic E-state index is 5.87. The van der Waals surface area contributed by atoms with Gasteiger partial charge >= 0.3 is 0 Å². The summed E-state index contributed by atoms with van der Waals surface area (Å²) in [4.78, 5) is 10.8. The zero-order valence-corrected chi connectivity index (χ0v) is 8.70. The van der Waals surface area contributed by atoms with Crippen LogP contribution in [-0.4, -0.2) is 28.5 Å². The van der Waals surface area contributed by atoms with Crippen molar-refractivity contribution < 1.29 is 0 Å². The topological polar surface area (TPSA) is 55.0 Å². The second kappa shape index (κ2) is 3.63. The molecule has 2 heterocycles. The molecule has 1 aromatic rings.